The number of ether oxygens (including phenoxy) is 1. The van der Waals surface area contributed by atoms with Gasteiger partial charge in [0.15, 0.2) is 5.25 Å². The van der Waals surface area contributed by atoms with E-state index >= 15 is 0 Å². The Bertz CT molecular complexity index is 370. The number of hydrogen-bond donors (Lipinski definition) is 0. The second-order valence-corrected chi connectivity index (χ2v) is 7.72. The van der Waals surface area contributed by atoms with Crippen LogP contribution in [-0.2, 0) is 23.8 Å². The number of esters is 1. The topological polar surface area (TPSA) is 69.7 Å². The third-order valence-electron chi connectivity index (χ3n) is 1.54. The molecule has 1 atom stereocenters. The van der Waals surface area contributed by atoms with Crippen molar-refractivity contribution >= 4 is 16.1 Å². The van der Waals surface area contributed by atoms with Crippen molar-refractivity contribution in [3.63, 3.8) is 0 Å². The average Bonchev–Trinajstić information content (AvgIpc) is 1.94. The van der Waals surface area contributed by atoms with E-state index in [1.807, 2.05) is 0 Å². The van der Waals surface area contributed by atoms with Crippen molar-refractivity contribution in [1.29, 1.82) is 0 Å². The Morgan fingerprint density at radius 3 is 1.71 bits per heavy atom. The van der Waals surface area contributed by atoms with Crippen LogP contribution >= 0.6 is 0 Å². The quantitative estimate of drug-likeness (QED) is 0.576. The summed E-state index contributed by atoms with van der Waals surface area (Å²) in [6.07, 6.45) is 0. The highest BCUT2D eigenvalue weighted by Gasteiger charge is 2.35. The second kappa shape index (κ2) is 4.94. The van der Waals surface area contributed by atoms with Gasteiger partial charge in [0.2, 0.25) is 0 Å². The van der Waals surface area contributed by atoms with E-state index in [2.05, 4.69) is 0 Å². The normalized spacial score (nSPS) is 15.5. The van der Waals surface area contributed by atoms with Gasteiger partial charge in [0.1, 0.15) is 5.60 Å². The van der Waals surface area contributed by atoms with Crippen LogP contribution in [0.15, 0.2) is 0 Å². The molecule has 0 fully saturated rings. The van der Waals surface area contributed by atoms with Gasteiger partial charge in [-0.3, -0.25) is 8.98 Å². The van der Waals surface area contributed by atoms with Crippen molar-refractivity contribution in [3.8, 4) is 0 Å². The van der Waals surface area contributed by atoms with Crippen molar-refractivity contribution in [3.05, 3.63) is 0 Å². The smallest absolute Gasteiger partial charge is 0.327 e. The molecule has 6 heteroatoms. The Hall–Kier alpha value is -0.620. The Morgan fingerprint density at radius 1 is 1.00 bits per heavy atom. The van der Waals surface area contributed by atoms with Crippen molar-refractivity contribution in [2.75, 3.05) is 0 Å². The zero-order chi connectivity index (χ0) is 14.1. The minimum Gasteiger partial charge on any atom is -0.459 e. The Labute approximate surface area is 104 Å². The molecule has 0 bridgehead atoms. The van der Waals surface area contributed by atoms with Crippen LogP contribution in [0.5, 0.6) is 0 Å². The van der Waals surface area contributed by atoms with E-state index in [-0.39, 0.29) is 0 Å². The van der Waals surface area contributed by atoms with Gasteiger partial charge in [0.25, 0.3) is 10.1 Å². The first-order valence-electron chi connectivity index (χ1n) is 5.42. The fourth-order valence-corrected chi connectivity index (χ4v) is 2.05. The summed E-state index contributed by atoms with van der Waals surface area (Å²) >= 11 is 0. The summed E-state index contributed by atoms with van der Waals surface area (Å²) in [4.78, 5) is 11.6. The third kappa shape index (κ3) is 6.63. The highest BCUT2D eigenvalue weighted by atomic mass is 32.2. The van der Waals surface area contributed by atoms with E-state index in [0.29, 0.717) is 0 Å². The molecule has 0 aromatic rings. The maximum Gasteiger partial charge on any atom is 0.327 e. The standard InChI is InChI=1S/C11H22O5S/c1-8(9(12)15-10(2,3)4)17(13,14)16-11(5,6)7/h8H,1-7H3. The molecule has 0 radical (unpaired) electrons. The minimum absolute atomic E-state index is 0.720. The molecular weight excluding hydrogens is 244 g/mol. The molecule has 0 aliphatic carbocycles. The molecule has 0 spiro atoms. The van der Waals surface area contributed by atoms with Crippen LogP contribution in [0.4, 0.5) is 0 Å². The van der Waals surface area contributed by atoms with Gasteiger partial charge in [-0.25, -0.2) is 0 Å². The molecule has 0 N–H and O–H groups in total. The second-order valence-electron chi connectivity index (χ2n) is 5.86. The van der Waals surface area contributed by atoms with E-state index in [4.69, 9.17) is 8.92 Å². The molecule has 1 unspecified atom stereocenters. The Morgan fingerprint density at radius 2 is 1.41 bits per heavy atom. The summed E-state index contributed by atoms with van der Waals surface area (Å²) in [7, 11) is -3.96. The van der Waals surface area contributed by atoms with E-state index in [1.54, 1.807) is 41.5 Å². The zero-order valence-corrected chi connectivity index (χ0v) is 12.3. The monoisotopic (exact) mass is 266 g/mol. The summed E-state index contributed by atoms with van der Waals surface area (Å²) in [6, 6.07) is 0. The highest BCUT2D eigenvalue weighted by molar-refractivity contribution is 7.88. The zero-order valence-electron chi connectivity index (χ0n) is 11.5. The van der Waals surface area contributed by atoms with Crippen LogP contribution in [-0.4, -0.2) is 30.8 Å². The average molecular weight is 266 g/mol. The largest absolute Gasteiger partial charge is 0.459 e. The third-order valence-corrected chi connectivity index (χ3v) is 3.33. The minimum atomic E-state index is -3.96. The molecular formula is C11H22O5S. The summed E-state index contributed by atoms with van der Waals surface area (Å²) in [5.41, 5.74) is -1.59. The van der Waals surface area contributed by atoms with E-state index < -0.39 is 32.5 Å². The molecule has 0 aliphatic rings. The molecule has 0 aliphatic heterocycles. The van der Waals surface area contributed by atoms with Gasteiger partial charge in [-0.15, -0.1) is 0 Å². The predicted molar refractivity (Wildman–Crippen MR) is 65.1 cm³/mol. The van der Waals surface area contributed by atoms with Crippen LogP contribution in [0.2, 0.25) is 0 Å². The van der Waals surface area contributed by atoms with Crippen molar-refractivity contribution in [2.24, 2.45) is 0 Å². The highest BCUT2D eigenvalue weighted by Crippen LogP contribution is 2.18. The molecule has 0 heterocycles. The van der Waals surface area contributed by atoms with Crippen LogP contribution in [0, 0.1) is 0 Å². The maximum absolute atomic E-state index is 11.8. The van der Waals surface area contributed by atoms with Crippen molar-refractivity contribution < 1.29 is 22.1 Å². The maximum atomic E-state index is 11.8. The van der Waals surface area contributed by atoms with Gasteiger partial charge >= 0.3 is 5.97 Å². The van der Waals surface area contributed by atoms with E-state index in [9.17, 15) is 13.2 Å². The summed E-state index contributed by atoms with van der Waals surface area (Å²) in [6.45, 7) is 11.1. The Balaban J connectivity index is 4.82. The first-order chi connectivity index (χ1) is 7.25. The van der Waals surface area contributed by atoms with Crippen molar-refractivity contribution in [1.82, 2.24) is 0 Å². The van der Waals surface area contributed by atoms with Gasteiger partial charge in [-0.1, -0.05) is 0 Å². The number of carbonyl (C=O) groups is 1. The van der Waals surface area contributed by atoms with Crippen LogP contribution < -0.4 is 0 Å². The molecule has 0 aromatic heterocycles. The number of carbonyl (C=O) groups excluding carboxylic acids is 1. The van der Waals surface area contributed by atoms with E-state index in [0.717, 1.165) is 0 Å². The van der Waals surface area contributed by atoms with Crippen molar-refractivity contribution in [2.45, 2.75) is 64.9 Å². The molecule has 102 valence electrons. The van der Waals surface area contributed by atoms with Gasteiger partial charge in [0.05, 0.1) is 5.60 Å². The molecule has 0 aromatic carbocycles. The molecule has 0 rings (SSSR count). The molecule has 0 amide bonds. The first-order valence-corrected chi connectivity index (χ1v) is 6.89. The predicted octanol–water partition coefficient (Wildman–Crippen LogP) is 1.86. The fraction of sp³-hybridized carbons (Fsp3) is 0.909. The summed E-state index contributed by atoms with van der Waals surface area (Å²) in [5, 5.41) is -1.33. The lowest BCUT2D eigenvalue weighted by molar-refractivity contribution is -0.154. The number of rotatable bonds is 3. The van der Waals surface area contributed by atoms with Gasteiger partial charge in [0, 0.05) is 0 Å². The number of hydrogen-bond acceptors (Lipinski definition) is 5. The molecule has 0 saturated carbocycles. The fourth-order valence-electron chi connectivity index (χ4n) is 0.923. The van der Waals surface area contributed by atoms with Gasteiger partial charge < -0.3 is 4.74 Å². The lowest BCUT2D eigenvalue weighted by atomic mass is 10.2. The lowest BCUT2D eigenvalue weighted by Crippen LogP contribution is -2.38. The van der Waals surface area contributed by atoms with Crippen LogP contribution in [0.25, 0.3) is 0 Å². The lowest BCUT2D eigenvalue weighted by Gasteiger charge is -2.24. The SMILES string of the molecule is CC(C(=O)OC(C)(C)C)S(=O)(=O)OC(C)(C)C. The Kier molecular flexibility index (Phi) is 4.76. The first kappa shape index (κ1) is 16.4. The summed E-state index contributed by atoms with van der Waals surface area (Å²) in [5.74, 6) is -0.804. The molecule has 5 nitrogen and oxygen atoms in total. The molecule has 17 heavy (non-hydrogen) atoms. The van der Waals surface area contributed by atoms with Crippen LogP contribution in [0.3, 0.4) is 0 Å². The van der Waals surface area contributed by atoms with Gasteiger partial charge in [-0.05, 0) is 48.5 Å². The molecule has 0 saturated heterocycles. The summed E-state index contributed by atoms with van der Waals surface area (Å²) < 4.78 is 33.4. The van der Waals surface area contributed by atoms with Crippen LogP contribution in [0.1, 0.15) is 48.5 Å². The van der Waals surface area contributed by atoms with E-state index in [1.165, 1.54) is 6.92 Å². The van der Waals surface area contributed by atoms with Gasteiger partial charge in [-0.2, -0.15) is 8.42 Å².